The maximum Gasteiger partial charge on any atom is 0.356 e. The molecule has 19 heavy (non-hydrogen) atoms. The number of carboxylic acid groups (broad SMARTS) is 1. The fraction of sp³-hybridized carbons (Fsp3) is 0.286. The third-order valence-electron chi connectivity index (χ3n) is 2.69. The summed E-state index contributed by atoms with van der Waals surface area (Å²) in [6, 6.07) is 7.35. The maximum absolute atomic E-state index is 11.3. The van der Waals surface area contributed by atoms with Gasteiger partial charge in [0, 0.05) is 0 Å². The van der Waals surface area contributed by atoms with Crippen molar-refractivity contribution in [1.29, 1.82) is 0 Å². The SMILES string of the molecule is CCCc1nc(C(=O)O)c(-c2ccc(OC)cc2)s1. The Hall–Kier alpha value is -1.88. The summed E-state index contributed by atoms with van der Waals surface area (Å²) in [7, 11) is 1.60. The lowest BCUT2D eigenvalue weighted by molar-refractivity contribution is 0.0692. The Balaban J connectivity index is 2.43. The second kappa shape index (κ2) is 5.84. The number of nitrogens with zero attached hydrogens (tertiary/aromatic N) is 1. The second-order valence-corrected chi connectivity index (χ2v) is 5.15. The number of hydrogen-bond donors (Lipinski definition) is 1. The van der Waals surface area contributed by atoms with Crippen molar-refractivity contribution in [3.63, 3.8) is 0 Å². The summed E-state index contributed by atoms with van der Waals surface area (Å²) >= 11 is 1.45. The lowest BCUT2D eigenvalue weighted by Gasteiger charge is -2.01. The highest BCUT2D eigenvalue weighted by Crippen LogP contribution is 2.32. The average Bonchev–Trinajstić information content (AvgIpc) is 2.83. The van der Waals surface area contributed by atoms with Crippen LogP contribution in [0.5, 0.6) is 5.75 Å². The summed E-state index contributed by atoms with van der Waals surface area (Å²) in [5.41, 5.74) is 0.997. The number of aryl methyl sites for hydroxylation is 1. The molecule has 0 amide bonds. The molecule has 0 aliphatic rings. The number of rotatable bonds is 5. The standard InChI is InChI=1S/C14H15NO3S/c1-3-4-11-15-12(14(16)17)13(19-11)9-5-7-10(18-2)8-6-9/h5-8H,3-4H2,1-2H3,(H,16,17). The molecule has 1 heterocycles. The molecule has 0 unspecified atom stereocenters. The molecule has 1 aromatic carbocycles. The van der Waals surface area contributed by atoms with Gasteiger partial charge in [0.15, 0.2) is 5.69 Å². The van der Waals surface area contributed by atoms with Crippen molar-refractivity contribution in [2.75, 3.05) is 7.11 Å². The van der Waals surface area contributed by atoms with E-state index in [1.807, 2.05) is 24.3 Å². The molecule has 0 fully saturated rings. The Morgan fingerprint density at radius 3 is 2.58 bits per heavy atom. The molecular weight excluding hydrogens is 262 g/mol. The summed E-state index contributed by atoms with van der Waals surface area (Å²) in [6.45, 7) is 2.05. The molecule has 0 bridgehead atoms. The van der Waals surface area contributed by atoms with Gasteiger partial charge in [-0.25, -0.2) is 9.78 Å². The zero-order chi connectivity index (χ0) is 13.8. The van der Waals surface area contributed by atoms with Gasteiger partial charge in [-0.15, -0.1) is 11.3 Å². The van der Waals surface area contributed by atoms with Crippen LogP contribution in [0.4, 0.5) is 0 Å². The second-order valence-electron chi connectivity index (χ2n) is 4.07. The van der Waals surface area contributed by atoms with Crippen LogP contribution in [-0.2, 0) is 6.42 Å². The molecule has 2 rings (SSSR count). The fourth-order valence-electron chi connectivity index (χ4n) is 1.77. The normalized spacial score (nSPS) is 10.4. The molecule has 0 aliphatic carbocycles. The van der Waals surface area contributed by atoms with E-state index in [9.17, 15) is 9.90 Å². The number of benzene rings is 1. The topological polar surface area (TPSA) is 59.4 Å². The molecular formula is C14H15NO3S. The highest BCUT2D eigenvalue weighted by atomic mass is 32.1. The van der Waals surface area contributed by atoms with Crippen LogP contribution < -0.4 is 4.74 Å². The maximum atomic E-state index is 11.3. The molecule has 0 aliphatic heterocycles. The lowest BCUT2D eigenvalue weighted by atomic mass is 10.1. The van der Waals surface area contributed by atoms with Crippen molar-refractivity contribution in [1.82, 2.24) is 4.98 Å². The summed E-state index contributed by atoms with van der Waals surface area (Å²) in [6.07, 6.45) is 1.76. The summed E-state index contributed by atoms with van der Waals surface area (Å²) in [5, 5.41) is 10.1. The number of hydrogen-bond acceptors (Lipinski definition) is 4. The quantitative estimate of drug-likeness (QED) is 0.909. The van der Waals surface area contributed by atoms with Crippen LogP contribution in [0.1, 0.15) is 28.8 Å². The van der Waals surface area contributed by atoms with Crippen molar-refractivity contribution in [3.8, 4) is 16.2 Å². The summed E-state index contributed by atoms with van der Waals surface area (Å²) < 4.78 is 5.10. The average molecular weight is 277 g/mol. The van der Waals surface area contributed by atoms with E-state index >= 15 is 0 Å². The van der Waals surface area contributed by atoms with Crippen LogP contribution in [0.15, 0.2) is 24.3 Å². The van der Waals surface area contributed by atoms with Gasteiger partial charge in [-0.2, -0.15) is 0 Å². The number of ether oxygens (including phenoxy) is 1. The fourth-order valence-corrected chi connectivity index (χ4v) is 2.93. The third-order valence-corrected chi connectivity index (χ3v) is 3.85. The van der Waals surface area contributed by atoms with Gasteiger partial charge < -0.3 is 9.84 Å². The van der Waals surface area contributed by atoms with Crippen molar-refractivity contribution in [2.24, 2.45) is 0 Å². The Morgan fingerprint density at radius 2 is 2.05 bits per heavy atom. The molecule has 1 aromatic heterocycles. The number of aromatic carboxylic acids is 1. The lowest BCUT2D eigenvalue weighted by Crippen LogP contribution is -1.99. The van der Waals surface area contributed by atoms with Crippen LogP contribution in [0.25, 0.3) is 10.4 Å². The molecule has 100 valence electrons. The number of carboxylic acids is 1. The smallest absolute Gasteiger partial charge is 0.356 e. The van der Waals surface area contributed by atoms with Crippen LogP contribution in [0.2, 0.25) is 0 Å². The van der Waals surface area contributed by atoms with Crippen LogP contribution >= 0.6 is 11.3 Å². The van der Waals surface area contributed by atoms with Gasteiger partial charge in [0.1, 0.15) is 5.75 Å². The van der Waals surface area contributed by atoms with Crippen molar-refractivity contribution in [3.05, 3.63) is 35.0 Å². The molecule has 0 radical (unpaired) electrons. The van der Waals surface area contributed by atoms with Gasteiger partial charge in [0.05, 0.1) is 17.0 Å². The van der Waals surface area contributed by atoms with Crippen LogP contribution in [0, 0.1) is 0 Å². The summed E-state index contributed by atoms with van der Waals surface area (Å²) in [5.74, 6) is -0.233. The van der Waals surface area contributed by atoms with Gasteiger partial charge >= 0.3 is 5.97 Å². The molecule has 2 aromatic rings. The predicted molar refractivity (Wildman–Crippen MR) is 75.1 cm³/mol. The molecule has 0 saturated carbocycles. The van der Waals surface area contributed by atoms with E-state index in [2.05, 4.69) is 11.9 Å². The Bertz CT molecular complexity index is 575. The van der Waals surface area contributed by atoms with E-state index < -0.39 is 5.97 Å². The Kier molecular flexibility index (Phi) is 4.16. The first-order valence-electron chi connectivity index (χ1n) is 6.03. The monoisotopic (exact) mass is 277 g/mol. The Labute approximate surface area is 115 Å². The molecule has 0 atom stereocenters. The highest BCUT2D eigenvalue weighted by Gasteiger charge is 2.18. The van der Waals surface area contributed by atoms with E-state index in [-0.39, 0.29) is 5.69 Å². The minimum absolute atomic E-state index is 0.138. The van der Waals surface area contributed by atoms with E-state index in [4.69, 9.17) is 4.74 Å². The van der Waals surface area contributed by atoms with Crippen LogP contribution in [-0.4, -0.2) is 23.2 Å². The number of methoxy groups -OCH3 is 1. The van der Waals surface area contributed by atoms with Crippen molar-refractivity contribution in [2.45, 2.75) is 19.8 Å². The van der Waals surface area contributed by atoms with Gasteiger partial charge in [-0.3, -0.25) is 0 Å². The minimum Gasteiger partial charge on any atom is -0.497 e. The molecule has 1 N–H and O–H groups in total. The highest BCUT2D eigenvalue weighted by molar-refractivity contribution is 7.15. The largest absolute Gasteiger partial charge is 0.497 e. The van der Waals surface area contributed by atoms with Gasteiger partial charge in [0.25, 0.3) is 0 Å². The van der Waals surface area contributed by atoms with E-state index in [1.165, 1.54) is 11.3 Å². The van der Waals surface area contributed by atoms with E-state index in [1.54, 1.807) is 7.11 Å². The van der Waals surface area contributed by atoms with E-state index in [0.717, 1.165) is 29.2 Å². The van der Waals surface area contributed by atoms with Crippen LogP contribution in [0.3, 0.4) is 0 Å². The molecule has 0 spiro atoms. The van der Waals surface area contributed by atoms with Gasteiger partial charge in [-0.1, -0.05) is 6.92 Å². The first-order valence-corrected chi connectivity index (χ1v) is 6.84. The molecule has 4 nitrogen and oxygen atoms in total. The van der Waals surface area contributed by atoms with Gasteiger partial charge in [0.2, 0.25) is 0 Å². The Morgan fingerprint density at radius 1 is 1.37 bits per heavy atom. The first-order chi connectivity index (χ1) is 9.15. The third kappa shape index (κ3) is 2.93. The first kappa shape index (κ1) is 13.5. The predicted octanol–water partition coefficient (Wildman–Crippen LogP) is 3.47. The van der Waals surface area contributed by atoms with E-state index in [0.29, 0.717) is 4.88 Å². The summed E-state index contributed by atoms with van der Waals surface area (Å²) in [4.78, 5) is 16.2. The molecule has 0 saturated heterocycles. The van der Waals surface area contributed by atoms with Crippen molar-refractivity contribution < 1.29 is 14.6 Å². The van der Waals surface area contributed by atoms with Gasteiger partial charge in [-0.05, 0) is 42.7 Å². The molecule has 5 heteroatoms. The zero-order valence-electron chi connectivity index (χ0n) is 10.8. The minimum atomic E-state index is -0.982. The number of aromatic nitrogens is 1. The number of carbonyl (C=O) groups is 1. The number of thiazole rings is 1. The zero-order valence-corrected chi connectivity index (χ0v) is 11.7. The van der Waals surface area contributed by atoms with Crippen molar-refractivity contribution >= 4 is 17.3 Å².